The van der Waals surface area contributed by atoms with Gasteiger partial charge in [0.1, 0.15) is 5.75 Å². The van der Waals surface area contributed by atoms with Crippen LogP contribution in [0.25, 0.3) is 6.08 Å². The Morgan fingerprint density at radius 1 is 0.909 bits per heavy atom. The summed E-state index contributed by atoms with van der Waals surface area (Å²) >= 11 is 0. The van der Waals surface area contributed by atoms with Crippen LogP contribution in [0.15, 0.2) is 42.5 Å². The van der Waals surface area contributed by atoms with E-state index in [0.717, 1.165) is 43.4 Å². The van der Waals surface area contributed by atoms with Crippen LogP contribution in [0.1, 0.15) is 111 Å². The first-order chi connectivity index (χ1) is 20.7. The van der Waals surface area contributed by atoms with Crippen molar-refractivity contribution in [3.8, 4) is 5.75 Å². The van der Waals surface area contributed by atoms with Gasteiger partial charge in [-0.1, -0.05) is 58.9 Å². The van der Waals surface area contributed by atoms with Gasteiger partial charge in [-0.2, -0.15) is 0 Å². The number of carbonyl (C=O) groups excluding carboxylic acids is 1. The molecule has 4 heteroatoms. The maximum Gasteiger partial charge on any atom is 0.330 e. The molecule has 0 radical (unpaired) electrons. The molecule has 44 heavy (non-hydrogen) atoms. The van der Waals surface area contributed by atoms with E-state index in [2.05, 4.69) is 48.1 Å². The zero-order valence-corrected chi connectivity index (χ0v) is 28.6. The molecule has 0 aliphatic heterocycles. The van der Waals surface area contributed by atoms with Gasteiger partial charge in [0.25, 0.3) is 0 Å². The van der Waals surface area contributed by atoms with E-state index >= 15 is 0 Å². The van der Waals surface area contributed by atoms with Crippen LogP contribution in [0.2, 0.25) is 0 Å². The van der Waals surface area contributed by atoms with E-state index in [1.54, 1.807) is 13.2 Å². The molecule has 5 aliphatic carbocycles. The number of ether oxygens (including phenoxy) is 2. The van der Waals surface area contributed by atoms with Crippen LogP contribution in [0.5, 0.6) is 5.75 Å². The Kier molecular flexibility index (Phi) is 7.99. The molecule has 242 valence electrons. The molecule has 0 bridgehead atoms. The molecule has 10 atom stereocenters. The van der Waals surface area contributed by atoms with Crippen LogP contribution in [-0.4, -0.2) is 30.9 Å². The molecule has 0 saturated heterocycles. The Hall–Kier alpha value is -2.07. The molecule has 0 unspecified atom stereocenters. The van der Waals surface area contributed by atoms with Crippen LogP contribution in [0, 0.1) is 56.7 Å². The number of aliphatic hydroxyl groups is 1. The summed E-state index contributed by atoms with van der Waals surface area (Å²) in [5.41, 5.74) is 3.13. The minimum absolute atomic E-state index is 0.0179. The molecule has 5 saturated carbocycles. The summed E-state index contributed by atoms with van der Waals surface area (Å²) in [5, 5.41) is 11.0. The SMILES string of the molecule is C=C(C)[C@@H]1CC[C@@]2(COC(=O)/C=C/c3ccc(OC)cc3)CC[C@]3(C)[C@H](CC[C@H]4[C@@]5(C)CC[C@@H](O)C(C)(C)[C@H]5CC[C@@]43C)[C@@H]12. The van der Waals surface area contributed by atoms with E-state index in [1.165, 1.54) is 37.7 Å². The number of esters is 1. The molecule has 5 aliphatic rings. The molecule has 0 spiro atoms. The number of aliphatic hydroxyl groups excluding tert-OH is 1. The highest BCUT2D eigenvalue weighted by molar-refractivity contribution is 5.87. The lowest BCUT2D eigenvalue weighted by molar-refractivity contribution is -0.249. The maximum atomic E-state index is 13.0. The van der Waals surface area contributed by atoms with Gasteiger partial charge < -0.3 is 14.6 Å². The van der Waals surface area contributed by atoms with Crippen molar-refractivity contribution in [1.82, 2.24) is 0 Å². The predicted molar refractivity (Wildman–Crippen MR) is 178 cm³/mol. The lowest BCUT2D eigenvalue weighted by atomic mass is 9.32. The topological polar surface area (TPSA) is 55.8 Å². The molecule has 1 aromatic rings. The zero-order chi connectivity index (χ0) is 31.7. The van der Waals surface area contributed by atoms with Crippen LogP contribution in [-0.2, 0) is 9.53 Å². The second-order valence-electron chi connectivity index (χ2n) is 17.1. The predicted octanol–water partition coefficient (Wildman–Crippen LogP) is 9.27. The minimum Gasteiger partial charge on any atom is -0.497 e. The van der Waals surface area contributed by atoms with E-state index in [4.69, 9.17) is 9.47 Å². The molecule has 0 amide bonds. The fourth-order valence-corrected chi connectivity index (χ4v) is 12.7. The third-order valence-corrected chi connectivity index (χ3v) is 15.2. The number of benzene rings is 1. The van der Waals surface area contributed by atoms with Crippen LogP contribution in [0.4, 0.5) is 0 Å². The highest BCUT2D eigenvalue weighted by Crippen LogP contribution is 2.77. The van der Waals surface area contributed by atoms with Crippen molar-refractivity contribution in [2.45, 2.75) is 112 Å². The van der Waals surface area contributed by atoms with Crippen molar-refractivity contribution >= 4 is 12.0 Å². The van der Waals surface area contributed by atoms with Crippen LogP contribution < -0.4 is 4.74 Å². The Bertz CT molecular complexity index is 1290. The quantitative estimate of drug-likeness (QED) is 0.200. The van der Waals surface area contributed by atoms with Gasteiger partial charge in [0.15, 0.2) is 0 Å². The lowest BCUT2D eigenvalue weighted by Crippen LogP contribution is -2.66. The fraction of sp³-hybridized carbons (Fsp3) is 0.725. The number of hydrogen-bond acceptors (Lipinski definition) is 4. The largest absolute Gasteiger partial charge is 0.497 e. The summed E-state index contributed by atoms with van der Waals surface area (Å²) in [6, 6.07) is 7.72. The van der Waals surface area contributed by atoms with Gasteiger partial charge in [-0.3, -0.25) is 0 Å². The third-order valence-electron chi connectivity index (χ3n) is 15.2. The van der Waals surface area contributed by atoms with E-state index in [-0.39, 0.29) is 39.1 Å². The van der Waals surface area contributed by atoms with Crippen molar-refractivity contribution in [2.24, 2.45) is 56.7 Å². The average Bonchev–Trinajstić information content (AvgIpc) is 3.38. The first-order valence-corrected chi connectivity index (χ1v) is 17.5. The fourth-order valence-electron chi connectivity index (χ4n) is 12.7. The average molecular weight is 603 g/mol. The summed E-state index contributed by atoms with van der Waals surface area (Å²) < 4.78 is 11.4. The Labute approximate surface area is 267 Å². The van der Waals surface area contributed by atoms with Crippen molar-refractivity contribution in [1.29, 1.82) is 0 Å². The summed E-state index contributed by atoms with van der Waals surface area (Å²) in [5.74, 6) is 3.48. The van der Waals surface area contributed by atoms with Crippen molar-refractivity contribution in [3.05, 3.63) is 48.1 Å². The normalized spacial score (nSPS) is 44.2. The molecule has 6 rings (SSSR count). The number of methoxy groups -OCH3 is 1. The number of rotatable bonds is 6. The van der Waals surface area contributed by atoms with Gasteiger partial charge in [-0.05, 0) is 146 Å². The van der Waals surface area contributed by atoms with Gasteiger partial charge in [-0.15, -0.1) is 0 Å². The molecule has 4 nitrogen and oxygen atoms in total. The van der Waals surface area contributed by atoms with Crippen molar-refractivity contribution < 1.29 is 19.4 Å². The monoisotopic (exact) mass is 602 g/mol. The highest BCUT2D eigenvalue weighted by atomic mass is 16.5. The molecule has 1 N–H and O–H groups in total. The summed E-state index contributed by atoms with van der Waals surface area (Å²) in [6.07, 6.45) is 15.0. The van der Waals surface area contributed by atoms with E-state index in [1.807, 2.05) is 30.3 Å². The number of carbonyl (C=O) groups is 1. The number of fused-ring (bicyclic) bond motifs is 7. The molecular formula is C40H58O4. The molecule has 0 aromatic heterocycles. The first-order valence-electron chi connectivity index (χ1n) is 17.5. The summed E-state index contributed by atoms with van der Waals surface area (Å²) in [6.45, 7) is 19.9. The van der Waals surface area contributed by atoms with E-state index in [9.17, 15) is 9.90 Å². The second-order valence-corrected chi connectivity index (χ2v) is 17.1. The van der Waals surface area contributed by atoms with Crippen LogP contribution >= 0.6 is 0 Å². The van der Waals surface area contributed by atoms with Crippen molar-refractivity contribution in [2.75, 3.05) is 13.7 Å². The van der Waals surface area contributed by atoms with Gasteiger partial charge in [0.2, 0.25) is 0 Å². The standard InChI is InChI=1S/C40H58O4/c1-26(2)29-17-22-40(25-44-34(42)16-11-27-9-12-28(43-8)13-10-27)24-23-38(6)30(35(29)40)14-15-32-37(5)20-19-33(41)36(3,4)31(37)18-21-39(32,38)7/h9-13,16,29-33,35,41H,1,14-15,17-25H2,2-8H3/b16-11+/t29-,30+,31+,32-,33+,35+,37-,38+,39-,40-/m0/s1. The summed E-state index contributed by atoms with van der Waals surface area (Å²) in [4.78, 5) is 13.0. The van der Waals surface area contributed by atoms with Gasteiger partial charge in [-0.25, -0.2) is 4.79 Å². The number of hydrogen-bond donors (Lipinski definition) is 1. The highest BCUT2D eigenvalue weighted by Gasteiger charge is 2.71. The van der Waals surface area contributed by atoms with Crippen LogP contribution in [0.3, 0.4) is 0 Å². The first kappa shape index (κ1) is 31.9. The van der Waals surface area contributed by atoms with Gasteiger partial charge in [0, 0.05) is 11.5 Å². The van der Waals surface area contributed by atoms with E-state index < -0.39 is 0 Å². The molecule has 5 fully saturated rings. The van der Waals surface area contributed by atoms with E-state index in [0.29, 0.717) is 36.2 Å². The van der Waals surface area contributed by atoms with Crippen molar-refractivity contribution in [3.63, 3.8) is 0 Å². The maximum absolute atomic E-state index is 13.0. The second kappa shape index (κ2) is 11.0. The Morgan fingerprint density at radius 2 is 1.64 bits per heavy atom. The lowest BCUT2D eigenvalue weighted by Gasteiger charge is -2.73. The molecular weight excluding hydrogens is 544 g/mol. The van der Waals surface area contributed by atoms with Gasteiger partial charge in [0.05, 0.1) is 19.8 Å². The van der Waals surface area contributed by atoms with Gasteiger partial charge >= 0.3 is 5.97 Å². The Balaban J connectivity index is 1.25. The smallest absolute Gasteiger partial charge is 0.330 e. The molecule has 1 aromatic carbocycles. The molecule has 0 heterocycles. The third kappa shape index (κ3) is 4.66. The number of allylic oxidation sites excluding steroid dienone is 1. The zero-order valence-electron chi connectivity index (χ0n) is 28.6. The summed E-state index contributed by atoms with van der Waals surface area (Å²) in [7, 11) is 1.66. The minimum atomic E-state index is -0.245. The Morgan fingerprint density at radius 3 is 2.32 bits per heavy atom.